The van der Waals surface area contributed by atoms with Gasteiger partial charge in [-0.2, -0.15) is 26.3 Å². The Morgan fingerprint density at radius 1 is 1.09 bits per heavy atom. The summed E-state index contributed by atoms with van der Waals surface area (Å²) in [6, 6.07) is -0.397. The maximum atomic E-state index is 12.9. The van der Waals surface area contributed by atoms with E-state index < -0.39 is 54.7 Å². The van der Waals surface area contributed by atoms with Crippen molar-refractivity contribution in [3.63, 3.8) is 0 Å². The Bertz CT molecular complexity index is 661. The molecule has 0 radical (unpaired) electrons. The molecule has 1 rings (SSSR count). The Labute approximate surface area is 123 Å². The van der Waals surface area contributed by atoms with Gasteiger partial charge in [-0.25, -0.2) is 4.79 Å². The number of phosphoric ester groups is 1. The second kappa shape index (κ2) is 6.02. The fourth-order valence-corrected chi connectivity index (χ4v) is 1.82. The molecule has 6 nitrogen and oxygen atoms in total. The van der Waals surface area contributed by atoms with Crippen LogP contribution in [-0.2, 0) is 21.4 Å². The van der Waals surface area contributed by atoms with E-state index in [1.165, 1.54) is 0 Å². The van der Waals surface area contributed by atoms with E-state index in [4.69, 9.17) is 0 Å². The Morgan fingerprint density at radius 2 is 1.61 bits per heavy atom. The molecule has 0 spiro atoms. The van der Waals surface area contributed by atoms with Crippen LogP contribution in [0.15, 0.2) is 12.1 Å². The van der Waals surface area contributed by atoms with Crippen LogP contribution in [0, 0.1) is 0 Å². The number of hydrogen-bond donors (Lipinski definition) is 0. The van der Waals surface area contributed by atoms with Crippen LogP contribution >= 0.6 is 7.82 Å². The van der Waals surface area contributed by atoms with Crippen LogP contribution in [0.25, 0.3) is 0 Å². The van der Waals surface area contributed by atoms with Crippen LogP contribution in [-0.4, -0.2) is 13.1 Å². The number of halogens is 6. The summed E-state index contributed by atoms with van der Waals surface area (Å²) in [4.78, 5) is 32.1. The van der Waals surface area contributed by atoms with Crippen molar-refractivity contribution in [3.05, 3.63) is 28.8 Å². The summed E-state index contributed by atoms with van der Waals surface area (Å²) in [5, 5.41) is 0. The SMILES string of the molecule is COc1cc(C(F)(F)F)cc(C(F)(F)F)c1C(=O)OP(=O)([O-])[O-]. The molecule has 0 atom stereocenters. The molecule has 1 aromatic carbocycles. The number of methoxy groups -OCH3 is 1. The second-order valence-corrected chi connectivity index (χ2v) is 5.00. The van der Waals surface area contributed by atoms with Gasteiger partial charge < -0.3 is 23.6 Å². The van der Waals surface area contributed by atoms with E-state index in [-0.39, 0.29) is 6.07 Å². The van der Waals surface area contributed by atoms with E-state index >= 15 is 0 Å². The van der Waals surface area contributed by atoms with Crippen molar-refractivity contribution in [1.29, 1.82) is 0 Å². The first-order valence-corrected chi connectivity index (χ1v) is 6.75. The quantitative estimate of drug-likeness (QED) is 0.597. The molecule has 0 amide bonds. The molecule has 0 fully saturated rings. The van der Waals surface area contributed by atoms with Crippen LogP contribution in [0.4, 0.5) is 26.3 Å². The van der Waals surface area contributed by atoms with Crippen LogP contribution in [0.1, 0.15) is 21.5 Å². The summed E-state index contributed by atoms with van der Waals surface area (Å²) in [5.41, 5.74) is -5.63. The molecule has 0 unspecified atom stereocenters. The van der Waals surface area contributed by atoms with Gasteiger partial charge in [0.2, 0.25) is 0 Å². The van der Waals surface area contributed by atoms with E-state index in [1.54, 1.807) is 0 Å². The van der Waals surface area contributed by atoms with E-state index in [0.717, 1.165) is 0 Å². The normalized spacial score (nSPS) is 12.9. The lowest BCUT2D eigenvalue weighted by Crippen LogP contribution is -2.23. The minimum Gasteiger partial charge on any atom is -0.780 e. The Kier molecular flexibility index (Phi) is 5.04. The lowest BCUT2D eigenvalue weighted by Gasteiger charge is -2.28. The van der Waals surface area contributed by atoms with Gasteiger partial charge in [-0.1, -0.05) is 0 Å². The highest BCUT2D eigenvalue weighted by atomic mass is 31.2. The molecule has 0 heterocycles. The fraction of sp³-hybridized carbons (Fsp3) is 0.300. The summed E-state index contributed by atoms with van der Waals surface area (Å²) >= 11 is 0. The number of ether oxygens (including phenoxy) is 1. The Morgan fingerprint density at radius 3 is 1.96 bits per heavy atom. The van der Waals surface area contributed by atoms with E-state index in [1.807, 2.05) is 0 Å². The third-order valence-electron chi connectivity index (χ3n) is 2.35. The topological polar surface area (TPSA) is 98.7 Å². The van der Waals surface area contributed by atoms with Crippen LogP contribution in [0.5, 0.6) is 5.75 Å². The average molecular weight is 366 g/mol. The molecule has 1 aromatic rings. The molecule has 0 aromatic heterocycles. The molecular weight excluding hydrogens is 361 g/mol. The van der Waals surface area contributed by atoms with Crippen molar-refractivity contribution >= 4 is 13.8 Å². The van der Waals surface area contributed by atoms with Gasteiger partial charge in [0.05, 0.1) is 18.2 Å². The third-order valence-corrected chi connectivity index (χ3v) is 2.74. The zero-order valence-corrected chi connectivity index (χ0v) is 11.7. The lowest BCUT2D eigenvalue weighted by atomic mass is 10.0. The third kappa shape index (κ3) is 4.85. The molecule has 0 aliphatic carbocycles. The van der Waals surface area contributed by atoms with Gasteiger partial charge in [-0.15, -0.1) is 0 Å². The van der Waals surface area contributed by atoms with Crippen molar-refractivity contribution in [2.24, 2.45) is 0 Å². The zero-order chi connectivity index (χ0) is 18.2. The van der Waals surface area contributed by atoms with E-state index in [0.29, 0.717) is 7.11 Å². The number of carbonyl (C=O) groups excluding carboxylic acids is 1. The maximum absolute atomic E-state index is 12.9. The predicted molar refractivity (Wildman–Crippen MR) is 56.0 cm³/mol. The smallest absolute Gasteiger partial charge is 0.417 e. The van der Waals surface area contributed by atoms with E-state index in [9.17, 15) is 45.5 Å². The predicted octanol–water partition coefficient (Wildman–Crippen LogP) is 1.72. The summed E-state index contributed by atoms with van der Waals surface area (Å²) in [6.07, 6.45) is -10.7. The summed E-state index contributed by atoms with van der Waals surface area (Å²) in [6.45, 7) is 0. The minimum absolute atomic E-state index is 0.0341. The van der Waals surface area contributed by atoms with Gasteiger partial charge in [-0.05, 0) is 12.1 Å². The number of phosphoric acid groups is 1. The summed E-state index contributed by atoms with van der Waals surface area (Å²) in [7, 11) is -5.39. The van der Waals surface area contributed by atoms with Gasteiger partial charge in [0.1, 0.15) is 19.1 Å². The molecule has 0 aliphatic rings. The minimum atomic E-state index is -6.03. The number of hydrogen-bond acceptors (Lipinski definition) is 6. The molecule has 13 heteroatoms. The van der Waals surface area contributed by atoms with Crippen molar-refractivity contribution < 1.29 is 54.7 Å². The molecule has 0 saturated heterocycles. The molecule has 0 N–H and O–H groups in total. The Balaban J connectivity index is 3.67. The Hall–Kier alpha value is -1.78. The standard InChI is InChI=1S/C10H7F6O6P/c1-21-6-3-4(9(11,12)13)2-5(10(14,15)16)7(6)8(17)22-23(18,19)20/h2-3H,1H3,(H2,18,19,20)/p-2. The molecule has 0 saturated carbocycles. The number of rotatable bonds is 3. The van der Waals surface area contributed by atoms with Crippen LogP contribution in [0.3, 0.4) is 0 Å². The van der Waals surface area contributed by atoms with Gasteiger partial charge in [0.15, 0.2) is 0 Å². The van der Waals surface area contributed by atoms with Crippen LogP contribution < -0.4 is 14.5 Å². The van der Waals surface area contributed by atoms with Gasteiger partial charge in [0.25, 0.3) is 0 Å². The summed E-state index contributed by atoms with van der Waals surface area (Å²) < 4.78 is 94.2. The van der Waals surface area contributed by atoms with Gasteiger partial charge in [0, 0.05) is 0 Å². The van der Waals surface area contributed by atoms with Crippen LogP contribution in [0.2, 0.25) is 0 Å². The first-order valence-electron chi connectivity index (χ1n) is 5.29. The molecule has 130 valence electrons. The second-order valence-electron chi connectivity index (χ2n) is 3.92. The first kappa shape index (κ1) is 19.3. The van der Waals surface area contributed by atoms with Gasteiger partial charge in [-0.3, -0.25) is 0 Å². The van der Waals surface area contributed by atoms with Gasteiger partial charge >= 0.3 is 18.3 Å². The van der Waals surface area contributed by atoms with Crippen molar-refractivity contribution in [1.82, 2.24) is 0 Å². The number of benzene rings is 1. The van der Waals surface area contributed by atoms with Crippen molar-refractivity contribution in [2.45, 2.75) is 12.4 Å². The zero-order valence-electron chi connectivity index (χ0n) is 10.8. The average Bonchev–Trinajstić information content (AvgIpc) is 2.32. The fourth-order valence-electron chi connectivity index (χ4n) is 1.52. The maximum Gasteiger partial charge on any atom is 0.417 e. The number of carbonyl (C=O) groups is 1. The highest BCUT2D eigenvalue weighted by Gasteiger charge is 2.42. The number of alkyl halides is 6. The highest BCUT2D eigenvalue weighted by Crippen LogP contribution is 2.42. The first-order chi connectivity index (χ1) is 10.2. The van der Waals surface area contributed by atoms with Crippen molar-refractivity contribution in [3.8, 4) is 5.75 Å². The molecule has 0 bridgehead atoms. The largest absolute Gasteiger partial charge is 0.780 e. The summed E-state index contributed by atoms with van der Waals surface area (Å²) in [5.74, 6) is -3.57. The van der Waals surface area contributed by atoms with Crippen molar-refractivity contribution in [2.75, 3.05) is 7.11 Å². The molecular formula is C10H5F6O6P-2. The monoisotopic (exact) mass is 366 g/mol. The molecule has 23 heavy (non-hydrogen) atoms. The highest BCUT2D eigenvalue weighted by molar-refractivity contribution is 7.43. The lowest BCUT2D eigenvalue weighted by molar-refractivity contribution is -0.336. The molecule has 0 aliphatic heterocycles. The van der Waals surface area contributed by atoms with E-state index in [2.05, 4.69) is 9.26 Å².